The van der Waals surface area contributed by atoms with Crippen LogP contribution in [0.25, 0.3) is 22.9 Å². The Labute approximate surface area is 173 Å². The van der Waals surface area contributed by atoms with Crippen molar-refractivity contribution < 1.29 is 20.4 Å². The van der Waals surface area contributed by atoms with Gasteiger partial charge in [0.2, 0.25) is 0 Å². The molecule has 4 aromatic rings. The number of aromatic nitrogens is 2. The van der Waals surface area contributed by atoms with Crippen molar-refractivity contribution in [3.63, 3.8) is 0 Å². The van der Waals surface area contributed by atoms with Crippen LogP contribution in [0.2, 0.25) is 0 Å². The summed E-state index contributed by atoms with van der Waals surface area (Å²) in [5.41, 5.74) is 3.81. The number of benzene rings is 2. The third-order valence-electron chi connectivity index (χ3n) is 4.03. The minimum Gasteiger partial charge on any atom is -0.305 e. The molecule has 0 aliphatic carbocycles. The number of hydrogen-bond acceptors (Lipinski definition) is 2. The second-order valence-corrected chi connectivity index (χ2v) is 5.80. The maximum Gasteiger partial charge on any atom is 2.00 e. The van der Waals surface area contributed by atoms with E-state index in [4.69, 9.17) is 0 Å². The van der Waals surface area contributed by atoms with E-state index in [2.05, 4.69) is 46.4 Å². The molecule has 0 radical (unpaired) electrons. The van der Waals surface area contributed by atoms with Crippen LogP contribution in [0.15, 0.2) is 85.2 Å². The first-order valence-electron chi connectivity index (χ1n) is 8.43. The summed E-state index contributed by atoms with van der Waals surface area (Å²) in [7, 11) is 0. The van der Waals surface area contributed by atoms with Crippen LogP contribution in [0.5, 0.6) is 0 Å². The molecule has 27 heavy (non-hydrogen) atoms. The first-order chi connectivity index (χ1) is 12.9. The van der Waals surface area contributed by atoms with Crippen LogP contribution in [0.3, 0.4) is 0 Å². The van der Waals surface area contributed by atoms with E-state index in [1.165, 1.54) is 0 Å². The van der Waals surface area contributed by atoms with Crippen molar-refractivity contribution in [3.8, 4) is 0 Å². The summed E-state index contributed by atoms with van der Waals surface area (Å²) in [4.78, 5) is 8.65. The van der Waals surface area contributed by atoms with Crippen molar-refractivity contribution in [1.82, 2.24) is 9.97 Å². The normalized spacial score (nSPS) is 11.1. The predicted octanol–water partition coefficient (Wildman–Crippen LogP) is 5.36. The van der Waals surface area contributed by atoms with Gasteiger partial charge in [-0.3, -0.25) is 0 Å². The first-order valence-corrected chi connectivity index (χ1v) is 8.43. The molecule has 2 aromatic heterocycles. The van der Waals surface area contributed by atoms with Crippen molar-refractivity contribution >= 4 is 22.9 Å². The molecule has 0 amide bonds. The maximum absolute atomic E-state index is 4.32. The van der Waals surface area contributed by atoms with E-state index in [0.717, 1.165) is 33.3 Å². The molecule has 4 rings (SSSR count). The molecule has 132 valence electrons. The van der Waals surface area contributed by atoms with Gasteiger partial charge in [0.1, 0.15) is 0 Å². The van der Waals surface area contributed by atoms with Crippen molar-refractivity contribution in [2.75, 3.05) is 0 Å². The fraction of sp³-hybridized carbons (Fsp3) is 0. The molecular weight excluding hydrogens is 423 g/mol. The van der Waals surface area contributed by atoms with Crippen molar-refractivity contribution in [3.05, 3.63) is 120 Å². The van der Waals surface area contributed by atoms with Gasteiger partial charge in [-0.2, -0.15) is 0 Å². The zero-order valence-corrected chi connectivity index (χ0v) is 16.0. The Morgan fingerprint density at radius 1 is 0.593 bits per heavy atom. The summed E-state index contributed by atoms with van der Waals surface area (Å²) in [5.74, 6) is 0. The SMILES string of the molecule is [C-](=Cc1ccccn1)c1cccc2cccc([C-]=Cc3ccccn3)c12.[Pd+2]. The molecule has 0 N–H and O–H groups in total. The Kier molecular flexibility index (Phi) is 6.44. The van der Waals surface area contributed by atoms with Crippen LogP contribution < -0.4 is 0 Å². The Morgan fingerprint density at radius 2 is 1.11 bits per heavy atom. The molecule has 3 heteroatoms. The Balaban J connectivity index is 0.00000210. The third-order valence-corrected chi connectivity index (χ3v) is 4.03. The standard InChI is InChI=1S/C24H16N2.Pd/c1-3-17-25-22(11-1)15-13-20-9-5-7-19-8-6-10-21(24(19)20)14-16-23-12-2-4-18-26-23;/h1-12,15-18H;/q-2;+2. The molecule has 0 unspecified atom stereocenters. The summed E-state index contributed by atoms with van der Waals surface area (Å²) in [6, 6.07) is 24.1. The van der Waals surface area contributed by atoms with Crippen LogP contribution >= 0.6 is 0 Å². The summed E-state index contributed by atoms with van der Waals surface area (Å²) in [6.45, 7) is 0. The largest absolute Gasteiger partial charge is 2.00 e. The van der Waals surface area contributed by atoms with E-state index in [1.54, 1.807) is 12.4 Å². The average Bonchev–Trinajstić information content (AvgIpc) is 2.72. The van der Waals surface area contributed by atoms with Crippen LogP contribution in [-0.2, 0) is 20.4 Å². The summed E-state index contributed by atoms with van der Waals surface area (Å²) >= 11 is 0. The monoisotopic (exact) mass is 438 g/mol. The molecule has 0 atom stereocenters. The third kappa shape index (κ3) is 4.65. The summed E-state index contributed by atoms with van der Waals surface area (Å²) in [5, 5.41) is 2.28. The molecule has 0 bridgehead atoms. The molecule has 0 aliphatic heterocycles. The van der Waals surface area contributed by atoms with E-state index in [1.807, 2.05) is 60.7 Å². The molecule has 0 fully saturated rings. The molecular formula is C24H16N2Pd. The number of nitrogens with zero attached hydrogens (tertiary/aromatic N) is 2. The number of rotatable bonds is 4. The van der Waals surface area contributed by atoms with E-state index < -0.39 is 0 Å². The number of hydrogen-bond donors (Lipinski definition) is 0. The first kappa shape index (κ1) is 18.9. The second kappa shape index (κ2) is 9.19. The van der Waals surface area contributed by atoms with Gasteiger partial charge in [0, 0.05) is 12.4 Å². The Bertz CT molecular complexity index is 987. The van der Waals surface area contributed by atoms with Crippen molar-refractivity contribution in [2.24, 2.45) is 0 Å². The van der Waals surface area contributed by atoms with Crippen LogP contribution in [0.1, 0.15) is 22.5 Å². The van der Waals surface area contributed by atoms with Gasteiger partial charge in [0.25, 0.3) is 0 Å². The molecule has 0 spiro atoms. The van der Waals surface area contributed by atoms with Gasteiger partial charge in [-0.25, -0.2) is 0 Å². The van der Waals surface area contributed by atoms with E-state index in [9.17, 15) is 0 Å². The smallest absolute Gasteiger partial charge is 0.305 e. The fourth-order valence-electron chi connectivity index (χ4n) is 2.81. The molecule has 0 saturated heterocycles. The molecule has 2 heterocycles. The van der Waals surface area contributed by atoms with Gasteiger partial charge in [-0.05, 0) is 23.5 Å². The van der Waals surface area contributed by atoms with Gasteiger partial charge >= 0.3 is 20.4 Å². The molecule has 2 aromatic carbocycles. The van der Waals surface area contributed by atoms with E-state index in [0.29, 0.717) is 0 Å². The second-order valence-electron chi connectivity index (χ2n) is 5.80. The maximum atomic E-state index is 4.32. The Hall–Kier alpha value is -2.86. The van der Waals surface area contributed by atoms with E-state index >= 15 is 0 Å². The molecule has 0 aliphatic rings. The fourth-order valence-corrected chi connectivity index (χ4v) is 2.81. The van der Waals surface area contributed by atoms with Gasteiger partial charge < -0.3 is 9.97 Å². The Morgan fingerprint density at radius 3 is 1.56 bits per heavy atom. The topological polar surface area (TPSA) is 25.8 Å². The van der Waals surface area contributed by atoms with Crippen LogP contribution in [0, 0.1) is 12.2 Å². The zero-order chi connectivity index (χ0) is 17.6. The minimum atomic E-state index is 0. The number of pyridine rings is 2. The van der Waals surface area contributed by atoms with Crippen LogP contribution in [0.4, 0.5) is 0 Å². The van der Waals surface area contributed by atoms with Crippen molar-refractivity contribution in [1.29, 1.82) is 0 Å². The van der Waals surface area contributed by atoms with Gasteiger partial charge in [-0.1, -0.05) is 41.8 Å². The average molecular weight is 439 g/mol. The quantitative estimate of drug-likeness (QED) is 0.317. The summed E-state index contributed by atoms with van der Waals surface area (Å²) in [6.07, 6.45) is 14.2. The van der Waals surface area contributed by atoms with Gasteiger partial charge in [0.15, 0.2) is 0 Å². The zero-order valence-electron chi connectivity index (χ0n) is 14.4. The van der Waals surface area contributed by atoms with Crippen molar-refractivity contribution in [2.45, 2.75) is 0 Å². The predicted molar refractivity (Wildman–Crippen MR) is 106 cm³/mol. The van der Waals surface area contributed by atoms with E-state index in [-0.39, 0.29) is 20.4 Å². The molecule has 2 nitrogen and oxygen atoms in total. The van der Waals surface area contributed by atoms with Gasteiger partial charge in [-0.15, -0.1) is 65.1 Å². The van der Waals surface area contributed by atoms with Gasteiger partial charge in [0.05, 0.1) is 0 Å². The summed E-state index contributed by atoms with van der Waals surface area (Å²) < 4.78 is 0. The molecule has 0 saturated carbocycles. The van der Waals surface area contributed by atoms with Crippen LogP contribution in [-0.4, -0.2) is 9.97 Å². The minimum absolute atomic E-state index is 0. The number of fused-ring (bicyclic) bond motifs is 1.